The number of hydrogen-bond acceptors (Lipinski definition) is 3. The van der Waals surface area contributed by atoms with Crippen molar-refractivity contribution in [1.82, 2.24) is 5.32 Å². The monoisotopic (exact) mass is 360 g/mol. The van der Waals surface area contributed by atoms with Gasteiger partial charge in [0.05, 0.1) is 11.9 Å². The third kappa shape index (κ3) is 5.06. The minimum absolute atomic E-state index is 0.170. The van der Waals surface area contributed by atoms with Gasteiger partial charge in [0.1, 0.15) is 0 Å². The molecule has 1 atom stereocenters. The Hall–Kier alpha value is -2.34. The van der Waals surface area contributed by atoms with Crippen LogP contribution in [0.5, 0.6) is 0 Å². The van der Waals surface area contributed by atoms with Gasteiger partial charge in [0.2, 0.25) is 10.0 Å². The molecule has 1 amide bonds. The maximum absolute atomic E-state index is 12.3. The highest BCUT2D eigenvalue weighted by atomic mass is 32.2. The van der Waals surface area contributed by atoms with Crippen LogP contribution in [-0.2, 0) is 10.0 Å². The van der Waals surface area contributed by atoms with Gasteiger partial charge in [-0.05, 0) is 42.7 Å². The molecule has 134 valence electrons. The highest BCUT2D eigenvalue weighted by Gasteiger charge is 2.16. The van der Waals surface area contributed by atoms with Crippen molar-refractivity contribution in [2.75, 3.05) is 23.7 Å². The van der Waals surface area contributed by atoms with Gasteiger partial charge in [-0.2, -0.15) is 0 Å². The van der Waals surface area contributed by atoms with E-state index in [1.807, 2.05) is 30.3 Å². The van der Waals surface area contributed by atoms with Crippen molar-refractivity contribution in [2.45, 2.75) is 19.8 Å². The van der Waals surface area contributed by atoms with Gasteiger partial charge >= 0.3 is 0 Å². The number of carbonyl (C=O) groups is 1. The van der Waals surface area contributed by atoms with Crippen molar-refractivity contribution < 1.29 is 13.2 Å². The Bertz CT molecular complexity index is 802. The molecule has 6 heteroatoms. The standard InChI is InChI=1S/C19H24N2O3S/c1-4-21(25(3,23)24)18-12-10-17(11-13-18)19(22)20-14-15(2)16-8-6-5-7-9-16/h5-13,15H,4,14H2,1-3H3,(H,20,22). The third-order valence-electron chi connectivity index (χ3n) is 4.04. The SMILES string of the molecule is CCN(c1ccc(C(=O)NCC(C)c2ccccc2)cc1)S(C)(=O)=O. The number of amides is 1. The molecule has 25 heavy (non-hydrogen) atoms. The van der Waals surface area contributed by atoms with Crippen molar-refractivity contribution >= 4 is 21.6 Å². The van der Waals surface area contributed by atoms with Crippen LogP contribution >= 0.6 is 0 Å². The maximum atomic E-state index is 12.3. The zero-order valence-electron chi connectivity index (χ0n) is 14.8. The van der Waals surface area contributed by atoms with Gasteiger partial charge in [0.15, 0.2) is 0 Å². The number of nitrogens with zero attached hydrogens (tertiary/aromatic N) is 1. The quantitative estimate of drug-likeness (QED) is 0.825. The number of hydrogen-bond donors (Lipinski definition) is 1. The second kappa shape index (κ2) is 8.16. The summed E-state index contributed by atoms with van der Waals surface area (Å²) in [6, 6.07) is 16.6. The Morgan fingerprint density at radius 3 is 2.20 bits per heavy atom. The van der Waals surface area contributed by atoms with E-state index in [-0.39, 0.29) is 11.8 Å². The molecule has 0 aromatic heterocycles. The van der Waals surface area contributed by atoms with Gasteiger partial charge in [0, 0.05) is 18.7 Å². The molecule has 2 rings (SSSR count). The fourth-order valence-corrected chi connectivity index (χ4v) is 3.61. The summed E-state index contributed by atoms with van der Waals surface area (Å²) in [6.07, 6.45) is 1.17. The second-order valence-electron chi connectivity index (χ2n) is 6.00. The van der Waals surface area contributed by atoms with Crippen LogP contribution in [0.4, 0.5) is 5.69 Å². The summed E-state index contributed by atoms with van der Waals surface area (Å²) in [7, 11) is -3.32. The molecule has 2 aromatic rings. The van der Waals surface area contributed by atoms with E-state index in [1.54, 1.807) is 31.2 Å². The molecule has 0 heterocycles. The molecule has 0 aliphatic rings. The first-order chi connectivity index (χ1) is 11.8. The Kier molecular flexibility index (Phi) is 6.20. The number of nitrogens with one attached hydrogen (secondary N) is 1. The lowest BCUT2D eigenvalue weighted by molar-refractivity contribution is 0.0951. The molecule has 0 radical (unpaired) electrons. The largest absolute Gasteiger partial charge is 0.351 e. The molecular formula is C19H24N2O3S. The van der Waals surface area contributed by atoms with Crippen molar-refractivity contribution in [3.8, 4) is 0 Å². The third-order valence-corrected chi connectivity index (χ3v) is 5.31. The van der Waals surface area contributed by atoms with Crippen molar-refractivity contribution in [1.29, 1.82) is 0 Å². The molecule has 0 aliphatic heterocycles. The highest BCUT2D eigenvalue weighted by Crippen LogP contribution is 2.18. The van der Waals surface area contributed by atoms with Crippen LogP contribution in [0.15, 0.2) is 54.6 Å². The minimum Gasteiger partial charge on any atom is -0.351 e. The molecule has 1 N–H and O–H groups in total. The Morgan fingerprint density at radius 1 is 1.08 bits per heavy atom. The van der Waals surface area contributed by atoms with E-state index < -0.39 is 10.0 Å². The predicted molar refractivity (Wildman–Crippen MR) is 101 cm³/mol. The number of anilines is 1. The second-order valence-corrected chi connectivity index (χ2v) is 7.90. The van der Waals surface area contributed by atoms with Gasteiger partial charge in [-0.25, -0.2) is 8.42 Å². The summed E-state index contributed by atoms with van der Waals surface area (Å²) in [5.41, 5.74) is 2.23. The molecule has 5 nitrogen and oxygen atoms in total. The summed E-state index contributed by atoms with van der Waals surface area (Å²) in [5.74, 6) is 0.0435. The number of benzene rings is 2. The molecular weight excluding hydrogens is 336 g/mol. The summed E-state index contributed by atoms with van der Waals surface area (Å²) < 4.78 is 24.8. The van der Waals surface area contributed by atoms with Crippen LogP contribution in [0, 0.1) is 0 Å². The Labute approximate surface area is 149 Å². The van der Waals surface area contributed by atoms with Gasteiger partial charge in [-0.1, -0.05) is 37.3 Å². The lowest BCUT2D eigenvalue weighted by atomic mass is 10.0. The van der Waals surface area contributed by atoms with Crippen LogP contribution in [0.3, 0.4) is 0 Å². The molecule has 0 aliphatic carbocycles. The highest BCUT2D eigenvalue weighted by molar-refractivity contribution is 7.92. The van der Waals surface area contributed by atoms with Crippen molar-refractivity contribution in [2.24, 2.45) is 0 Å². The van der Waals surface area contributed by atoms with Crippen LogP contribution in [0.2, 0.25) is 0 Å². The molecule has 1 unspecified atom stereocenters. The number of sulfonamides is 1. The molecule has 0 spiro atoms. The predicted octanol–water partition coefficient (Wildman–Crippen LogP) is 3.01. The summed E-state index contributed by atoms with van der Waals surface area (Å²) in [6.45, 7) is 4.71. The number of rotatable bonds is 7. The topological polar surface area (TPSA) is 66.5 Å². The first kappa shape index (κ1) is 19.0. The van der Waals surface area contributed by atoms with Crippen molar-refractivity contribution in [3.63, 3.8) is 0 Å². The zero-order valence-corrected chi connectivity index (χ0v) is 15.6. The Morgan fingerprint density at radius 2 is 1.68 bits per heavy atom. The summed E-state index contributed by atoms with van der Waals surface area (Å²) >= 11 is 0. The average molecular weight is 360 g/mol. The van der Waals surface area contributed by atoms with Gasteiger partial charge < -0.3 is 5.32 Å². The summed E-state index contributed by atoms with van der Waals surface area (Å²) in [4.78, 5) is 12.3. The average Bonchev–Trinajstić information content (AvgIpc) is 2.60. The van der Waals surface area contributed by atoms with E-state index in [2.05, 4.69) is 12.2 Å². The first-order valence-electron chi connectivity index (χ1n) is 8.24. The normalized spacial score (nSPS) is 12.4. The van der Waals surface area contributed by atoms with Gasteiger partial charge in [-0.15, -0.1) is 0 Å². The molecule has 2 aromatic carbocycles. The van der Waals surface area contributed by atoms with Gasteiger partial charge in [-0.3, -0.25) is 9.10 Å². The van der Waals surface area contributed by atoms with E-state index >= 15 is 0 Å². The van der Waals surface area contributed by atoms with Crippen LogP contribution in [0.1, 0.15) is 35.7 Å². The minimum atomic E-state index is -3.32. The fourth-order valence-electron chi connectivity index (χ4n) is 2.63. The fraction of sp³-hybridized carbons (Fsp3) is 0.316. The van der Waals surface area contributed by atoms with E-state index in [1.165, 1.54) is 16.1 Å². The first-order valence-corrected chi connectivity index (χ1v) is 10.1. The van der Waals surface area contributed by atoms with Gasteiger partial charge in [0.25, 0.3) is 5.91 Å². The maximum Gasteiger partial charge on any atom is 0.251 e. The Balaban J connectivity index is 2.01. The van der Waals surface area contributed by atoms with Crippen LogP contribution in [-0.4, -0.2) is 33.7 Å². The molecule has 0 fully saturated rings. The van der Waals surface area contributed by atoms with E-state index in [0.29, 0.717) is 24.3 Å². The summed E-state index contributed by atoms with van der Waals surface area (Å²) in [5, 5.41) is 2.92. The van der Waals surface area contributed by atoms with Crippen LogP contribution < -0.4 is 9.62 Å². The van der Waals surface area contributed by atoms with E-state index in [9.17, 15) is 13.2 Å². The van der Waals surface area contributed by atoms with Crippen molar-refractivity contribution in [3.05, 3.63) is 65.7 Å². The molecule has 0 saturated heterocycles. The lowest BCUT2D eigenvalue weighted by Gasteiger charge is -2.20. The lowest BCUT2D eigenvalue weighted by Crippen LogP contribution is -2.30. The molecule has 0 saturated carbocycles. The van der Waals surface area contributed by atoms with E-state index in [4.69, 9.17) is 0 Å². The smallest absolute Gasteiger partial charge is 0.251 e. The zero-order chi connectivity index (χ0) is 18.4. The number of carbonyl (C=O) groups excluding carboxylic acids is 1. The van der Waals surface area contributed by atoms with Crippen LogP contribution in [0.25, 0.3) is 0 Å². The molecule has 0 bridgehead atoms. The van der Waals surface area contributed by atoms with E-state index in [0.717, 1.165) is 0 Å².